The number of rotatable bonds is 3. The van der Waals surface area contributed by atoms with Gasteiger partial charge in [0.05, 0.1) is 6.04 Å². The molecule has 16 heavy (non-hydrogen) atoms. The molecule has 1 aliphatic rings. The fourth-order valence-electron chi connectivity index (χ4n) is 2.31. The standard InChI is InChI=1S/C11H21N3O2/c1-7(2)9(15)11(16)5-3-4-8(6-11)14-10(12)13/h7-8,16H,3-6H2,1-2H3,(H4,12,13,14). The number of nitrogens with two attached hydrogens (primary N) is 2. The molecule has 5 heteroatoms. The molecule has 2 atom stereocenters. The summed E-state index contributed by atoms with van der Waals surface area (Å²) in [6.07, 6.45) is 2.45. The van der Waals surface area contributed by atoms with Gasteiger partial charge in [0.25, 0.3) is 0 Å². The van der Waals surface area contributed by atoms with Gasteiger partial charge in [-0.3, -0.25) is 9.79 Å². The summed E-state index contributed by atoms with van der Waals surface area (Å²) in [5.74, 6) is -0.253. The summed E-state index contributed by atoms with van der Waals surface area (Å²) in [7, 11) is 0. The third kappa shape index (κ3) is 2.95. The van der Waals surface area contributed by atoms with Gasteiger partial charge >= 0.3 is 0 Å². The van der Waals surface area contributed by atoms with Crippen LogP contribution in [0, 0.1) is 5.92 Å². The number of carbonyl (C=O) groups excluding carboxylic acids is 1. The second-order valence-corrected chi connectivity index (χ2v) is 4.85. The van der Waals surface area contributed by atoms with Gasteiger partial charge in [0.1, 0.15) is 5.60 Å². The van der Waals surface area contributed by atoms with Crippen LogP contribution in [0.4, 0.5) is 0 Å². The summed E-state index contributed by atoms with van der Waals surface area (Å²) in [6.45, 7) is 3.59. The van der Waals surface area contributed by atoms with Gasteiger partial charge in [-0.05, 0) is 19.3 Å². The van der Waals surface area contributed by atoms with Crippen LogP contribution in [0.3, 0.4) is 0 Å². The van der Waals surface area contributed by atoms with Crippen molar-refractivity contribution in [2.24, 2.45) is 22.4 Å². The van der Waals surface area contributed by atoms with Crippen molar-refractivity contribution in [3.63, 3.8) is 0 Å². The summed E-state index contributed by atoms with van der Waals surface area (Å²) < 4.78 is 0. The molecule has 1 saturated carbocycles. The Hall–Kier alpha value is -1.10. The predicted molar refractivity (Wildman–Crippen MR) is 62.9 cm³/mol. The van der Waals surface area contributed by atoms with E-state index in [1.54, 1.807) is 13.8 Å². The van der Waals surface area contributed by atoms with Crippen molar-refractivity contribution in [1.29, 1.82) is 0 Å². The van der Waals surface area contributed by atoms with Crippen molar-refractivity contribution in [2.45, 2.75) is 51.2 Å². The number of hydrogen-bond acceptors (Lipinski definition) is 3. The number of aliphatic hydroxyl groups is 1. The van der Waals surface area contributed by atoms with E-state index in [4.69, 9.17) is 11.5 Å². The van der Waals surface area contributed by atoms with Crippen LogP contribution in [0.2, 0.25) is 0 Å². The highest BCUT2D eigenvalue weighted by molar-refractivity contribution is 5.88. The number of nitrogens with zero attached hydrogens (tertiary/aromatic N) is 1. The molecule has 0 aromatic carbocycles. The summed E-state index contributed by atoms with van der Waals surface area (Å²) in [4.78, 5) is 15.9. The van der Waals surface area contributed by atoms with Crippen LogP contribution >= 0.6 is 0 Å². The molecule has 5 nitrogen and oxygen atoms in total. The van der Waals surface area contributed by atoms with E-state index < -0.39 is 5.60 Å². The first-order valence-electron chi connectivity index (χ1n) is 5.70. The van der Waals surface area contributed by atoms with E-state index in [0.717, 1.165) is 12.8 Å². The first kappa shape index (κ1) is 13.0. The number of Topliss-reactive ketones (excluding diaryl/α,β-unsaturated/α-hetero) is 1. The van der Waals surface area contributed by atoms with Crippen molar-refractivity contribution >= 4 is 11.7 Å². The lowest BCUT2D eigenvalue weighted by molar-refractivity contribution is -0.144. The van der Waals surface area contributed by atoms with Crippen LogP contribution in [0.1, 0.15) is 39.5 Å². The Morgan fingerprint density at radius 2 is 2.12 bits per heavy atom. The first-order valence-corrected chi connectivity index (χ1v) is 5.70. The SMILES string of the molecule is CC(C)C(=O)C1(O)CCCC(N=C(N)N)C1. The van der Waals surface area contributed by atoms with E-state index in [1.807, 2.05) is 0 Å². The van der Waals surface area contributed by atoms with Gasteiger partial charge in [-0.15, -0.1) is 0 Å². The summed E-state index contributed by atoms with van der Waals surface area (Å²) in [6, 6.07) is -0.133. The van der Waals surface area contributed by atoms with Crippen molar-refractivity contribution < 1.29 is 9.90 Å². The van der Waals surface area contributed by atoms with E-state index in [-0.39, 0.29) is 23.7 Å². The van der Waals surface area contributed by atoms with Crippen molar-refractivity contribution in [1.82, 2.24) is 0 Å². The molecule has 0 amide bonds. The molecule has 5 N–H and O–H groups in total. The molecule has 1 rings (SSSR count). The van der Waals surface area contributed by atoms with Gasteiger partial charge < -0.3 is 16.6 Å². The van der Waals surface area contributed by atoms with Crippen molar-refractivity contribution in [3.05, 3.63) is 0 Å². The second kappa shape index (κ2) is 4.82. The molecule has 1 aliphatic carbocycles. The smallest absolute Gasteiger partial charge is 0.186 e. The molecule has 0 bridgehead atoms. The van der Waals surface area contributed by atoms with Crippen molar-refractivity contribution in [2.75, 3.05) is 0 Å². The topological polar surface area (TPSA) is 102 Å². The molecule has 2 unspecified atom stereocenters. The maximum atomic E-state index is 11.9. The number of aliphatic imine (C=N–C) groups is 1. The number of guanidine groups is 1. The maximum Gasteiger partial charge on any atom is 0.186 e. The molecule has 0 aromatic heterocycles. The summed E-state index contributed by atoms with van der Waals surface area (Å²) in [5, 5.41) is 10.3. The Labute approximate surface area is 95.9 Å². The highest BCUT2D eigenvalue weighted by Crippen LogP contribution is 2.32. The van der Waals surface area contributed by atoms with Gasteiger partial charge in [-0.25, -0.2) is 0 Å². The predicted octanol–water partition coefficient (Wildman–Crippen LogP) is 0.159. The Balaban J connectivity index is 2.76. The van der Waals surface area contributed by atoms with E-state index in [2.05, 4.69) is 4.99 Å². The highest BCUT2D eigenvalue weighted by atomic mass is 16.3. The zero-order valence-electron chi connectivity index (χ0n) is 9.94. The largest absolute Gasteiger partial charge is 0.382 e. The fourth-order valence-corrected chi connectivity index (χ4v) is 2.31. The quantitative estimate of drug-likeness (QED) is 0.472. The molecule has 0 spiro atoms. The van der Waals surface area contributed by atoms with Crippen LogP contribution < -0.4 is 11.5 Å². The molecule has 0 saturated heterocycles. The Morgan fingerprint density at radius 1 is 1.50 bits per heavy atom. The Kier molecular flexibility index (Phi) is 3.91. The van der Waals surface area contributed by atoms with Gasteiger partial charge in [0.2, 0.25) is 0 Å². The van der Waals surface area contributed by atoms with Crippen LogP contribution in [0.15, 0.2) is 4.99 Å². The minimum absolute atomic E-state index is 0.0197. The molecule has 0 heterocycles. The zero-order valence-corrected chi connectivity index (χ0v) is 9.94. The van der Waals surface area contributed by atoms with E-state index in [0.29, 0.717) is 12.8 Å². The zero-order chi connectivity index (χ0) is 12.3. The molecule has 1 fully saturated rings. The van der Waals surface area contributed by atoms with Crippen LogP contribution in [0.5, 0.6) is 0 Å². The van der Waals surface area contributed by atoms with Gasteiger partial charge in [0.15, 0.2) is 11.7 Å². The third-order valence-electron chi connectivity index (χ3n) is 3.02. The molecule has 0 aromatic rings. The number of carbonyl (C=O) groups is 1. The summed E-state index contributed by atoms with van der Waals surface area (Å²) in [5.41, 5.74) is 9.38. The first-order chi connectivity index (χ1) is 7.35. The normalized spacial score (nSPS) is 30.1. The Morgan fingerprint density at radius 3 is 2.62 bits per heavy atom. The van der Waals surface area contributed by atoms with Gasteiger partial charge in [-0.2, -0.15) is 0 Å². The third-order valence-corrected chi connectivity index (χ3v) is 3.02. The molecular weight excluding hydrogens is 206 g/mol. The molecule has 0 radical (unpaired) electrons. The van der Waals surface area contributed by atoms with Crippen molar-refractivity contribution in [3.8, 4) is 0 Å². The van der Waals surface area contributed by atoms with Crippen LogP contribution in [-0.2, 0) is 4.79 Å². The van der Waals surface area contributed by atoms with Gasteiger partial charge in [-0.1, -0.05) is 13.8 Å². The average molecular weight is 227 g/mol. The maximum absolute atomic E-state index is 11.9. The number of ketones is 1. The molecule has 92 valence electrons. The lowest BCUT2D eigenvalue weighted by Crippen LogP contribution is -2.46. The Bertz CT molecular complexity index is 298. The van der Waals surface area contributed by atoms with Crippen LogP contribution in [0.25, 0.3) is 0 Å². The van der Waals surface area contributed by atoms with E-state index in [1.165, 1.54) is 0 Å². The lowest BCUT2D eigenvalue weighted by atomic mass is 9.76. The van der Waals surface area contributed by atoms with E-state index in [9.17, 15) is 9.90 Å². The summed E-state index contributed by atoms with van der Waals surface area (Å²) >= 11 is 0. The molecular formula is C11H21N3O2. The van der Waals surface area contributed by atoms with E-state index >= 15 is 0 Å². The highest BCUT2D eigenvalue weighted by Gasteiger charge is 2.41. The molecule has 0 aliphatic heterocycles. The second-order valence-electron chi connectivity index (χ2n) is 4.85. The van der Waals surface area contributed by atoms with Gasteiger partial charge in [0, 0.05) is 12.3 Å². The lowest BCUT2D eigenvalue weighted by Gasteiger charge is -2.35. The van der Waals surface area contributed by atoms with Crippen LogP contribution in [-0.4, -0.2) is 28.5 Å². The monoisotopic (exact) mass is 227 g/mol. The number of hydrogen-bond donors (Lipinski definition) is 3. The minimum atomic E-state index is -1.24. The fraction of sp³-hybridized carbons (Fsp3) is 0.818. The minimum Gasteiger partial charge on any atom is -0.382 e. The average Bonchev–Trinajstić information content (AvgIpc) is 2.15.